The maximum atomic E-state index is 12.2. The summed E-state index contributed by atoms with van der Waals surface area (Å²) in [5.41, 5.74) is 0.543. The van der Waals surface area contributed by atoms with Gasteiger partial charge >= 0.3 is 0 Å². The number of nitrogens with zero attached hydrogens (tertiary/aromatic N) is 1. The number of hydrogen-bond donors (Lipinski definition) is 2. The van der Waals surface area contributed by atoms with E-state index < -0.39 is 28.4 Å². The number of nitrogens with one attached hydrogen (secondary N) is 1. The molecule has 0 saturated carbocycles. The van der Waals surface area contributed by atoms with E-state index in [4.69, 9.17) is 4.74 Å². The highest BCUT2D eigenvalue weighted by Crippen LogP contribution is 2.33. The van der Waals surface area contributed by atoms with Gasteiger partial charge in [-0.1, -0.05) is 12.1 Å². The van der Waals surface area contributed by atoms with Gasteiger partial charge in [0.1, 0.15) is 11.5 Å². The summed E-state index contributed by atoms with van der Waals surface area (Å²) < 4.78 is 5.08. The molecule has 0 spiro atoms. The van der Waals surface area contributed by atoms with Crippen molar-refractivity contribution in [2.75, 3.05) is 7.11 Å². The predicted octanol–water partition coefficient (Wildman–Crippen LogP) is 2.31. The smallest absolute Gasteiger partial charge is 0.293 e. The summed E-state index contributed by atoms with van der Waals surface area (Å²) >= 11 is 0. The summed E-state index contributed by atoms with van der Waals surface area (Å²) in [6.07, 6.45) is 0. The molecule has 1 atom stereocenters. The summed E-state index contributed by atoms with van der Waals surface area (Å²) in [5.74, 6) is -1.46. The van der Waals surface area contributed by atoms with Gasteiger partial charge < -0.3 is 15.2 Å². The number of amides is 1. The Balaban J connectivity index is 2.04. The lowest BCUT2D eigenvalue weighted by molar-refractivity contribution is -0.384. The van der Waals surface area contributed by atoms with Gasteiger partial charge in [-0.25, -0.2) is 0 Å². The van der Waals surface area contributed by atoms with Crippen molar-refractivity contribution in [2.24, 2.45) is 0 Å². The van der Waals surface area contributed by atoms with Gasteiger partial charge in [0.05, 0.1) is 23.6 Å². The second kappa shape index (κ2) is 6.67. The molecular formula is C18H14N2O6. The number of carbonyl (C=O) groups excluding carboxylic acids is 2. The van der Waals surface area contributed by atoms with Crippen LogP contribution < -0.4 is 10.1 Å². The molecule has 2 aromatic rings. The number of hydrogen-bond acceptors (Lipinski definition) is 6. The van der Waals surface area contributed by atoms with Crippen molar-refractivity contribution in [3.05, 3.63) is 75.3 Å². The van der Waals surface area contributed by atoms with Crippen LogP contribution >= 0.6 is 0 Å². The third kappa shape index (κ3) is 3.00. The number of benzene rings is 2. The van der Waals surface area contributed by atoms with Gasteiger partial charge in [0, 0.05) is 17.7 Å². The molecule has 132 valence electrons. The Kier molecular flexibility index (Phi) is 4.40. The average Bonchev–Trinajstić information content (AvgIpc) is 2.96. The fourth-order valence-corrected chi connectivity index (χ4v) is 2.71. The number of nitro groups is 1. The fraction of sp³-hybridized carbons (Fsp3) is 0.111. The molecule has 8 heteroatoms. The second-order valence-corrected chi connectivity index (χ2v) is 5.58. The van der Waals surface area contributed by atoms with Crippen LogP contribution in [-0.2, 0) is 9.59 Å². The fourth-order valence-electron chi connectivity index (χ4n) is 2.71. The van der Waals surface area contributed by atoms with E-state index in [1.54, 1.807) is 24.3 Å². The molecule has 2 aromatic carbocycles. The number of methoxy groups -OCH3 is 1. The van der Waals surface area contributed by atoms with Crippen LogP contribution in [0.1, 0.15) is 17.2 Å². The normalized spacial score (nSPS) is 18.4. The first-order chi connectivity index (χ1) is 12.4. The molecule has 8 nitrogen and oxygen atoms in total. The Hall–Kier alpha value is -3.68. The van der Waals surface area contributed by atoms with Gasteiger partial charge in [0.25, 0.3) is 17.4 Å². The molecule has 1 aliphatic rings. The van der Waals surface area contributed by atoms with E-state index in [2.05, 4.69) is 5.32 Å². The lowest BCUT2D eigenvalue weighted by Gasteiger charge is -2.14. The zero-order valence-corrected chi connectivity index (χ0v) is 13.6. The maximum absolute atomic E-state index is 12.2. The summed E-state index contributed by atoms with van der Waals surface area (Å²) in [4.78, 5) is 34.3. The van der Waals surface area contributed by atoms with E-state index in [1.165, 1.54) is 31.4 Å². The van der Waals surface area contributed by atoms with Gasteiger partial charge in [0.15, 0.2) is 0 Å². The summed E-state index contributed by atoms with van der Waals surface area (Å²) in [7, 11) is 1.52. The first kappa shape index (κ1) is 17.2. The van der Waals surface area contributed by atoms with Crippen molar-refractivity contribution in [2.45, 2.75) is 6.04 Å². The Labute approximate surface area is 147 Å². The highest BCUT2D eigenvalue weighted by atomic mass is 16.6. The monoisotopic (exact) mass is 354 g/mol. The Morgan fingerprint density at radius 2 is 1.73 bits per heavy atom. The van der Waals surface area contributed by atoms with E-state index in [1.807, 2.05) is 0 Å². The zero-order valence-electron chi connectivity index (χ0n) is 13.6. The van der Waals surface area contributed by atoms with E-state index in [9.17, 15) is 24.8 Å². The molecule has 0 aliphatic carbocycles. The van der Waals surface area contributed by atoms with Crippen LogP contribution in [0.5, 0.6) is 5.75 Å². The molecule has 0 radical (unpaired) electrons. The van der Waals surface area contributed by atoms with Crippen molar-refractivity contribution in [1.29, 1.82) is 0 Å². The van der Waals surface area contributed by atoms with Crippen molar-refractivity contribution < 1.29 is 24.4 Å². The highest BCUT2D eigenvalue weighted by Gasteiger charge is 2.39. The van der Waals surface area contributed by atoms with E-state index in [0.29, 0.717) is 11.3 Å². The first-order valence-electron chi connectivity index (χ1n) is 7.59. The molecule has 26 heavy (non-hydrogen) atoms. The van der Waals surface area contributed by atoms with Crippen LogP contribution in [0.25, 0.3) is 5.76 Å². The molecule has 3 rings (SSSR count). The summed E-state index contributed by atoms with van der Waals surface area (Å²) in [5, 5.41) is 23.8. The minimum Gasteiger partial charge on any atom is -0.507 e. The van der Waals surface area contributed by atoms with Crippen LogP contribution in [0.2, 0.25) is 0 Å². The zero-order chi connectivity index (χ0) is 18.8. The Bertz CT molecular complexity index is 916. The number of rotatable bonds is 4. The largest absolute Gasteiger partial charge is 0.507 e. The molecule has 0 bridgehead atoms. The average molecular weight is 354 g/mol. The molecule has 0 aromatic heterocycles. The molecule has 0 unspecified atom stereocenters. The van der Waals surface area contributed by atoms with E-state index in [0.717, 1.165) is 0 Å². The van der Waals surface area contributed by atoms with Crippen LogP contribution in [0.15, 0.2) is 54.1 Å². The number of ether oxygens (including phenoxy) is 1. The number of non-ortho nitro benzene ring substituents is 1. The van der Waals surface area contributed by atoms with Crippen molar-refractivity contribution >= 4 is 23.1 Å². The maximum Gasteiger partial charge on any atom is 0.293 e. The van der Waals surface area contributed by atoms with Crippen molar-refractivity contribution in [1.82, 2.24) is 5.32 Å². The lowest BCUT2D eigenvalue weighted by atomic mass is 9.96. The Morgan fingerprint density at radius 3 is 2.27 bits per heavy atom. The summed E-state index contributed by atoms with van der Waals surface area (Å²) in [6.45, 7) is 0. The quantitative estimate of drug-likeness (QED) is 0.286. The van der Waals surface area contributed by atoms with Crippen LogP contribution in [-0.4, -0.2) is 28.8 Å². The van der Waals surface area contributed by atoms with Crippen LogP contribution in [0, 0.1) is 10.1 Å². The van der Waals surface area contributed by atoms with E-state index in [-0.39, 0.29) is 16.8 Å². The Morgan fingerprint density at radius 1 is 1.12 bits per heavy atom. The minimum atomic E-state index is -0.846. The number of aliphatic hydroxyl groups excluding tert-OH is 1. The standard InChI is InChI=1S/C18H14N2O6/c1-26-13-8-4-10(5-9-13)15-14(17(22)18(23)19-15)16(21)11-2-6-12(7-3-11)20(24)25/h2-9,15,21H,1H3,(H,19,23)/b16-14+/t15-/m0/s1. The third-order valence-corrected chi connectivity index (χ3v) is 4.07. The number of nitro benzene ring substituents is 1. The summed E-state index contributed by atoms with van der Waals surface area (Å²) in [6, 6.07) is 10.9. The van der Waals surface area contributed by atoms with Gasteiger partial charge in [-0.2, -0.15) is 0 Å². The minimum absolute atomic E-state index is 0.103. The molecule has 1 saturated heterocycles. The molecule has 2 N–H and O–H groups in total. The molecule has 1 aliphatic heterocycles. The first-order valence-corrected chi connectivity index (χ1v) is 7.59. The number of ketones is 1. The van der Waals surface area contributed by atoms with Crippen molar-refractivity contribution in [3.63, 3.8) is 0 Å². The number of carbonyl (C=O) groups is 2. The predicted molar refractivity (Wildman–Crippen MR) is 91.5 cm³/mol. The molecule has 1 heterocycles. The van der Waals surface area contributed by atoms with Crippen molar-refractivity contribution in [3.8, 4) is 5.75 Å². The molecular weight excluding hydrogens is 340 g/mol. The topological polar surface area (TPSA) is 119 Å². The number of Topliss-reactive ketones (excluding diaryl/α,β-unsaturated/α-hetero) is 1. The molecule has 1 fully saturated rings. The van der Waals surface area contributed by atoms with Gasteiger partial charge in [0.2, 0.25) is 0 Å². The lowest BCUT2D eigenvalue weighted by Crippen LogP contribution is -2.21. The van der Waals surface area contributed by atoms with E-state index >= 15 is 0 Å². The number of aliphatic hydroxyl groups is 1. The second-order valence-electron chi connectivity index (χ2n) is 5.58. The van der Waals surface area contributed by atoms with Crippen LogP contribution in [0.4, 0.5) is 5.69 Å². The molecule has 1 amide bonds. The van der Waals surface area contributed by atoms with Gasteiger partial charge in [-0.15, -0.1) is 0 Å². The SMILES string of the molecule is COc1ccc([C@@H]2NC(=O)C(=O)/C2=C(/O)c2ccc([N+](=O)[O-])cc2)cc1. The van der Waals surface area contributed by atoms with Gasteiger partial charge in [-0.3, -0.25) is 19.7 Å². The van der Waals surface area contributed by atoms with Gasteiger partial charge in [-0.05, 0) is 29.8 Å². The highest BCUT2D eigenvalue weighted by molar-refractivity contribution is 6.46. The van der Waals surface area contributed by atoms with Crippen LogP contribution in [0.3, 0.4) is 0 Å². The third-order valence-electron chi connectivity index (χ3n) is 4.07.